The third kappa shape index (κ3) is 4.79. The van der Waals surface area contributed by atoms with Gasteiger partial charge in [0.1, 0.15) is 17.1 Å². The van der Waals surface area contributed by atoms with Crippen LogP contribution >= 0.6 is 15.9 Å². The fraction of sp³-hybridized carbons (Fsp3) is 0.364. The molecule has 3 aromatic rings. The van der Waals surface area contributed by atoms with Crippen molar-refractivity contribution in [1.82, 2.24) is 15.3 Å². The number of nitrogens with two attached hydrogens (primary N) is 1. The zero-order chi connectivity index (χ0) is 20.2. The minimum atomic E-state index is -0.542. The van der Waals surface area contributed by atoms with Gasteiger partial charge in [-0.1, -0.05) is 31.4 Å². The van der Waals surface area contributed by atoms with Gasteiger partial charge in [-0.25, -0.2) is 4.98 Å². The van der Waals surface area contributed by atoms with Crippen molar-refractivity contribution in [3.05, 3.63) is 52.8 Å². The summed E-state index contributed by atoms with van der Waals surface area (Å²) in [7, 11) is 0. The van der Waals surface area contributed by atoms with Gasteiger partial charge < -0.3 is 20.8 Å². The number of H-pyrrole nitrogens is 1. The summed E-state index contributed by atoms with van der Waals surface area (Å²) in [4.78, 5) is 19.8. The fourth-order valence-electron chi connectivity index (χ4n) is 3.80. The highest BCUT2D eigenvalue weighted by atomic mass is 79.9. The number of rotatable bonds is 6. The van der Waals surface area contributed by atoms with Crippen LogP contribution in [0.1, 0.15) is 37.7 Å². The minimum absolute atomic E-state index is 0.0614. The third-order valence-electron chi connectivity index (χ3n) is 5.38. The van der Waals surface area contributed by atoms with Crippen LogP contribution in [0.4, 0.5) is 0 Å². The van der Waals surface area contributed by atoms with E-state index in [1.165, 1.54) is 19.3 Å². The first-order chi connectivity index (χ1) is 14.1. The Morgan fingerprint density at radius 3 is 2.76 bits per heavy atom. The van der Waals surface area contributed by atoms with Gasteiger partial charge in [0.05, 0.1) is 11.4 Å². The summed E-state index contributed by atoms with van der Waals surface area (Å²) < 4.78 is 6.94. The maximum absolute atomic E-state index is 12.4. The van der Waals surface area contributed by atoms with Crippen LogP contribution in [0.25, 0.3) is 11.0 Å². The Morgan fingerprint density at radius 2 is 2.00 bits per heavy atom. The van der Waals surface area contributed by atoms with Crippen LogP contribution in [0, 0.1) is 0 Å². The Bertz CT molecular complexity index is 980. The zero-order valence-electron chi connectivity index (χ0n) is 16.2. The topological polar surface area (TPSA) is 93.0 Å². The van der Waals surface area contributed by atoms with Gasteiger partial charge in [0, 0.05) is 22.9 Å². The number of halogens is 1. The van der Waals surface area contributed by atoms with Crippen molar-refractivity contribution in [3.8, 4) is 11.5 Å². The van der Waals surface area contributed by atoms with Crippen LogP contribution in [-0.4, -0.2) is 28.0 Å². The molecule has 2 aromatic heterocycles. The minimum Gasteiger partial charge on any atom is -0.457 e. The predicted octanol–water partition coefficient (Wildman–Crippen LogP) is 4.44. The van der Waals surface area contributed by atoms with Crippen LogP contribution < -0.4 is 15.8 Å². The number of hydrogen-bond donors (Lipinski definition) is 3. The molecule has 0 radical (unpaired) electrons. The third-order valence-corrected chi connectivity index (χ3v) is 6.01. The van der Waals surface area contributed by atoms with Crippen LogP contribution in [0.3, 0.4) is 0 Å². The summed E-state index contributed by atoms with van der Waals surface area (Å²) in [6, 6.07) is 9.27. The second-order valence-electron chi connectivity index (χ2n) is 7.57. The Labute approximate surface area is 178 Å². The number of pyridine rings is 1. The summed E-state index contributed by atoms with van der Waals surface area (Å²) >= 11 is 3.52. The number of carbonyl (C=O) groups excluding carboxylic acids is 1. The molecule has 1 aliphatic carbocycles. The SMILES string of the molecule is N[C@@H](Cc1ccc(Oc2ccnc3[nH]cc(Br)c23)cc1)C(=O)NC1CCCCC1. The van der Waals surface area contributed by atoms with E-state index in [0.29, 0.717) is 6.42 Å². The number of benzene rings is 1. The average molecular weight is 457 g/mol. The van der Waals surface area contributed by atoms with Crippen LogP contribution in [0.5, 0.6) is 11.5 Å². The molecule has 0 bridgehead atoms. The van der Waals surface area contributed by atoms with Gasteiger partial charge >= 0.3 is 0 Å². The first kappa shape index (κ1) is 19.9. The van der Waals surface area contributed by atoms with E-state index in [0.717, 1.165) is 45.4 Å². The molecule has 1 saturated carbocycles. The van der Waals surface area contributed by atoms with Gasteiger partial charge in [0.25, 0.3) is 0 Å². The molecule has 0 unspecified atom stereocenters. The number of carbonyl (C=O) groups is 1. The zero-order valence-corrected chi connectivity index (χ0v) is 17.7. The molecule has 4 rings (SSSR count). The van der Waals surface area contributed by atoms with Crippen molar-refractivity contribution in [3.63, 3.8) is 0 Å². The van der Waals surface area contributed by atoms with Crippen molar-refractivity contribution >= 4 is 32.9 Å². The lowest BCUT2D eigenvalue weighted by atomic mass is 9.95. The van der Waals surface area contributed by atoms with E-state index < -0.39 is 6.04 Å². The summed E-state index contributed by atoms with van der Waals surface area (Å²) in [6.45, 7) is 0. The molecule has 0 saturated heterocycles. The number of amides is 1. The van der Waals surface area contributed by atoms with Crippen molar-refractivity contribution in [2.45, 2.75) is 50.6 Å². The highest BCUT2D eigenvalue weighted by Gasteiger charge is 2.20. The second kappa shape index (κ2) is 8.97. The molecule has 29 heavy (non-hydrogen) atoms. The van der Waals surface area contributed by atoms with E-state index in [-0.39, 0.29) is 11.9 Å². The first-order valence-electron chi connectivity index (χ1n) is 10.0. The number of hydrogen-bond acceptors (Lipinski definition) is 4. The van der Waals surface area contributed by atoms with E-state index >= 15 is 0 Å². The van der Waals surface area contributed by atoms with Gasteiger partial charge in [-0.05, 0) is 59.0 Å². The van der Waals surface area contributed by atoms with Gasteiger partial charge in [-0.15, -0.1) is 0 Å². The van der Waals surface area contributed by atoms with Crippen molar-refractivity contribution in [1.29, 1.82) is 0 Å². The first-order valence-corrected chi connectivity index (χ1v) is 10.8. The van der Waals surface area contributed by atoms with Crippen molar-refractivity contribution < 1.29 is 9.53 Å². The number of fused-ring (bicyclic) bond motifs is 1. The average Bonchev–Trinajstić information content (AvgIpc) is 3.12. The van der Waals surface area contributed by atoms with Gasteiger partial charge in [0.2, 0.25) is 5.91 Å². The Hall–Kier alpha value is -2.38. The Balaban J connectivity index is 1.37. The van der Waals surface area contributed by atoms with Crippen molar-refractivity contribution in [2.24, 2.45) is 5.73 Å². The molecule has 1 atom stereocenters. The molecular formula is C22H25BrN4O2. The van der Waals surface area contributed by atoms with E-state index in [9.17, 15) is 4.79 Å². The summed E-state index contributed by atoms with van der Waals surface area (Å²) in [5.74, 6) is 1.38. The summed E-state index contributed by atoms with van der Waals surface area (Å²) in [5.41, 5.74) is 7.91. The molecule has 1 aliphatic rings. The smallest absolute Gasteiger partial charge is 0.237 e. The standard InChI is InChI=1S/C22H25BrN4O2/c23-17-13-26-21-20(17)19(10-11-25-21)29-16-8-6-14(7-9-16)12-18(24)22(28)27-15-4-2-1-3-5-15/h6-11,13,15,18H,1-5,12,24H2,(H,25,26)(H,27,28)/t18-/m0/s1. The maximum Gasteiger partial charge on any atom is 0.237 e. The number of nitrogens with one attached hydrogen (secondary N) is 2. The van der Waals surface area contributed by atoms with Gasteiger partial charge in [-0.3, -0.25) is 4.79 Å². The summed E-state index contributed by atoms with van der Waals surface area (Å²) in [6.07, 6.45) is 9.80. The molecular weight excluding hydrogens is 432 g/mol. The number of aromatic amines is 1. The predicted molar refractivity (Wildman–Crippen MR) is 117 cm³/mol. The highest BCUT2D eigenvalue weighted by molar-refractivity contribution is 9.10. The number of nitrogens with zero attached hydrogens (tertiary/aromatic N) is 1. The molecule has 0 aliphatic heterocycles. The molecule has 2 heterocycles. The Kier molecular flexibility index (Phi) is 6.16. The molecule has 152 valence electrons. The highest BCUT2D eigenvalue weighted by Crippen LogP contribution is 2.33. The lowest BCUT2D eigenvalue weighted by Crippen LogP contribution is -2.46. The Morgan fingerprint density at radius 1 is 1.24 bits per heavy atom. The normalized spacial score (nSPS) is 15.9. The molecule has 7 heteroatoms. The number of aromatic nitrogens is 2. The number of ether oxygens (including phenoxy) is 1. The lowest BCUT2D eigenvalue weighted by Gasteiger charge is -2.24. The monoisotopic (exact) mass is 456 g/mol. The summed E-state index contributed by atoms with van der Waals surface area (Å²) in [5, 5.41) is 4.00. The van der Waals surface area contributed by atoms with Crippen LogP contribution in [-0.2, 0) is 11.2 Å². The quantitative estimate of drug-likeness (QED) is 0.511. The van der Waals surface area contributed by atoms with Crippen molar-refractivity contribution in [2.75, 3.05) is 0 Å². The van der Waals surface area contributed by atoms with E-state index in [2.05, 4.69) is 31.2 Å². The van der Waals surface area contributed by atoms with E-state index in [1.54, 1.807) is 6.20 Å². The van der Waals surface area contributed by atoms with E-state index in [1.807, 2.05) is 36.5 Å². The fourth-order valence-corrected chi connectivity index (χ4v) is 4.29. The molecule has 6 nitrogen and oxygen atoms in total. The van der Waals surface area contributed by atoms with Crippen LogP contribution in [0.2, 0.25) is 0 Å². The lowest BCUT2D eigenvalue weighted by molar-refractivity contribution is -0.123. The second-order valence-corrected chi connectivity index (χ2v) is 8.42. The van der Waals surface area contributed by atoms with Gasteiger partial charge in [0.15, 0.2) is 0 Å². The van der Waals surface area contributed by atoms with Crippen LogP contribution in [0.15, 0.2) is 47.2 Å². The van der Waals surface area contributed by atoms with Gasteiger partial charge in [-0.2, -0.15) is 0 Å². The molecule has 1 fully saturated rings. The maximum atomic E-state index is 12.4. The molecule has 4 N–H and O–H groups in total. The molecule has 1 aromatic carbocycles. The molecule has 1 amide bonds. The van der Waals surface area contributed by atoms with E-state index in [4.69, 9.17) is 10.5 Å². The largest absolute Gasteiger partial charge is 0.457 e. The molecule has 0 spiro atoms.